The summed E-state index contributed by atoms with van der Waals surface area (Å²) < 4.78 is 14.7. The zero-order valence-corrected chi connectivity index (χ0v) is 13.4. The lowest BCUT2D eigenvalue weighted by Gasteiger charge is -2.14. The molecule has 0 saturated heterocycles. The molecule has 0 heterocycles. The summed E-state index contributed by atoms with van der Waals surface area (Å²) in [5.41, 5.74) is 1.25. The fourth-order valence-electron chi connectivity index (χ4n) is 2.13. The molecular weight excluding hydrogens is 359 g/mol. The van der Waals surface area contributed by atoms with E-state index in [0.717, 1.165) is 10.0 Å². The lowest BCUT2D eigenvalue weighted by molar-refractivity contribution is -0.141. The molecular formula is C16H13BrClFO2. The molecule has 0 bridgehead atoms. The van der Waals surface area contributed by atoms with Crippen LogP contribution in [-0.2, 0) is 17.6 Å². The first-order valence-corrected chi connectivity index (χ1v) is 7.54. The van der Waals surface area contributed by atoms with Gasteiger partial charge in [0.05, 0.1) is 5.92 Å². The Labute approximate surface area is 135 Å². The first-order chi connectivity index (χ1) is 9.97. The highest BCUT2D eigenvalue weighted by Gasteiger charge is 2.21. The minimum Gasteiger partial charge on any atom is -0.481 e. The highest BCUT2D eigenvalue weighted by Crippen LogP contribution is 2.23. The van der Waals surface area contributed by atoms with Gasteiger partial charge in [-0.05, 0) is 42.2 Å². The quantitative estimate of drug-likeness (QED) is 0.825. The van der Waals surface area contributed by atoms with Crippen molar-refractivity contribution in [1.29, 1.82) is 0 Å². The van der Waals surface area contributed by atoms with E-state index in [4.69, 9.17) is 11.6 Å². The molecule has 2 rings (SSSR count). The molecule has 0 aliphatic rings. The summed E-state index contributed by atoms with van der Waals surface area (Å²) in [4.78, 5) is 11.4. The third kappa shape index (κ3) is 4.29. The van der Waals surface area contributed by atoms with Gasteiger partial charge in [-0.15, -0.1) is 0 Å². The summed E-state index contributed by atoms with van der Waals surface area (Å²) in [6.45, 7) is 0. The van der Waals surface area contributed by atoms with Gasteiger partial charge in [0.25, 0.3) is 0 Å². The van der Waals surface area contributed by atoms with Crippen LogP contribution in [0.3, 0.4) is 0 Å². The molecule has 21 heavy (non-hydrogen) atoms. The second-order valence-electron chi connectivity index (χ2n) is 4.77. The van der Waals surface area contributed by atoms with Gasteiger partial charge in [-0.25, -0.2) is 4.39 Å². The molecule has 110 valence electrons. The summed E-state index contributed by atoms with van der Waals surface area (Å²) in [6.07, 6.45) is 0.457. The largest absolute Gasteiger partial charge is 0.481 e. The van der Waals surface area contributed by atoms with E-state index < -0.39 is 17.7 Å². The second kappa shape index (κ2) is 7.05. The summed E-state index contributed by atoms with van der Waals surface area (Å²) in [5.74, 6) is -2.11. The number of rotatable bonds is 5. The first kappa shape index (κ1) is 16.0. The number of carbonyl (C=O) groups is 1. The van der Waals surface area contributed by atoms with E-state index in [9.17, 15) is 14.3 Å². The topological polar surface area (TPSA) is 37.3 Å². The van der Waals surface area contributed by atoms with Crippen molar-refractivity contribution < 1.29 is 14.3 Å². The Morgan fingerprint density at radius 3 is 2.48 bits per heavy atom. The predicted molar refractivity (Wildman–Crippen MR) is 84.1 cm³/mol. The maximum atomic E-state index is 13.8. The molecule has 2 nitrogen and oxygen atoms in total. The van der Waals surface area contributed by atoms with Crippen molar-refractivity contribution in [2.24, 2.45) is 5.92 Å². The van der Waals surface area contributed by atoms with Crippen LogP contribution in [0.25, 0.3) is 0 Å². The van der Waals surface area contributed by atoms with Crippen molar-refractivity contribution in [3.05, 3.63) is 68.9 Å². The zero-order chi connectivity index (χ0) is 15.4. The Hall–Kier alpha value is -1.39. The van der Waals surface area contributed by atoms with Crippen LogP contribution in [-0.4, -0.2) is 11.1 Å². The molecule has 0 saturated carbocycles. The third-order valence-corrected chi connectivity index (χ3v) is 4.26. The van der Waals surface area contributed by atoms with Crippen molar-refractivity contribution >= 4 is 33.5 Å². The first-order valence-electron chi connectivity index (χ1n) is 6.37. The SMILES string of the molecule is O=C(O)C(Cc1ccc(Cl)cc1F)Cc1ccccc1Br. The average Bonchev–Trinajstić information content (AvgIpc) is 2.42. The van der Waals surface area contributed by atoms with E-state index in [1.165, 1.54) is 12.1 Å². The van der Waals surface area contributed by atoms with Crippen molar-refractivity contribution in [1.82, 2.24) is 0 Å². The number of benzene rings is 2. The van der Waals surface area contributed by atoms with Crippen LogP contribution in [0, 0.1) is 11.7 Å². The van der Waals surface area contributed by atoms with Crippen LogP contribution in [0.1, 0.15) is 11.1 Å². The summed E-state index contributed by atoms with van der Waals surface area (Å²) in [6, 6.07) is 11.7. The molecule has 0 aromatic heterocycles. The normalized spacial score (nSPS) is 12.1. The van der Waals surface area contributed by atoms with Crippen LogP contribution in [0.2, 0.25) is 5.02 Å². The van der Waals surface area contributed by atoms with E-state index in [0.29, 0.717) is 17.0 Å². The summed E-state index contributed by atoms with van der Waals surface area (Å²) in [5, 5.41) is 9.67. The maximum Gasteiger partial charge on any atom is 0.307 e. The maximum absolute atomic E-state index is 13.8. The lowest BCUT2D eigenvalue weighted by atomic mass is 9.92. The molecule has 2 aromatic carbocycles. The molecule has 0 amide bonds. The minimum atomic E-state index is -0.944. The molecule has 0 spiro atoms. The van der Waals surface area contributed by atoms with Gasteiger partial charge in [0.2, 0.25) is 0 Å². The molecule has 1 unspecified atom stereocenters. The molecule has 5 heteroatoms. The van der Waals surface area contributed by atoms with Crippen LogP contribution < -0.4 is 0 Å². The Morgan fingerprint density at radius 1 is 1.19 bits per heavy atom. The van der Waals surface area contributed by atoms with Crippen molar-refractivity contribution in [2.45, 2.75) is 12.8 Å². The van der Waals surface area contributed by atoms with E-state index in [2.05, 4.69) is 15.9 Å². The number of aliphatic carboxylic acids is 1. The second-order valence-corrected chi connectivity index (χ2v) is 6.06. The molecule has 2 aromatic rings. The standard InChI is InChI=1S/C16H13BrClFO2/c17-14-4-2-1-3-10(14)7-12(16(20)21)8-11-5-6-13(18)9-15(11)19/h1-6,9,12H,7-8H2,(H,20,21). The Kier molecular flexibility index (Phi) is 5.37. The number of hydrogen-bond acceptors (Lipinski definition) is 1. The van der Waals surface area contributed by atoms with E-state index in [1.54, 1.807) is 6.07 Å². The number of hydrogen-bond donors (Lipinski definition) is 1. The van der Waals surface area contributed by atoms with Gasteiger partial charge < -0.3 is 5.11 Å². The summed E-state index contributed by atoms with van der Waals surface area (Å²) in [7, 11) is 0. The van der Waals surface area contributed by atoms with Crippen LogP contribution in [0.15, 0.2) is 46.9 Å². The van der Waals surface area contributed by atoms with Crippen LogP contribution in [0.5, 0.6) is 0 Å². The van der Waals surface area contributed by atoms with E-state index in [-0.39, 0.29) is 6.42 Å². The Bertz CT molecular complexity index is 660. The Morgan fingerprint density at radius 2 is 1.86 bits per heavy atom. The number of carboxylic acid groups (broad SMARTS) is 1. The average molecular weight is 372 g/mol. The lowest BCUT2D eigenvalue weighted by Crippen LogP contribution is -2.20. The molecule has 0 radical (unpaired) electrons. The number of halogens is 3. The van der Waals surface area contributed by atoms with Crippen molar-refractivity contribution in [3.8, 4) is 0 Å². The molecule has 0 aliphatic carbocycles. The predicted octanol–water partition coefficient (Wildman–Crippen LogP) is 4.73. The smallest absolute Gasteiger partial charge is 0.307 e. The van der Waals surface area contributed by atoms with Gasteiger partial charge in [-0.3, -0.25) is 4.79 Å². The molecule has 1 N–H and O–H groups in total. The van der Waals surface area contributed by atoms with Crippen molar-refractivity contribution in [3.63, 3.8) is 0 Å². The fraction of sp³-hybridized carbons (Fsp3) is 0.188. The van der Waals surface area contributed by atoms with Gasteiger partial charge in [0.1, 0.15) is 5.82 Å². The summed E-state index contributed by atoms with van der Waals surface area (Å²) >= 11 is 9.10. The van der Waals surface area contributed by atoms with Gasteiger partial charge in [0, 0.05) is 9.50 Å². The van der Waals surface area contributed by atoms with Crippen LogP contribution >= 0.6 is 27.5 Å². The highest BCUT2D eigenvalue weighted by molar-refractivity contribution is 9.10. The van der Waals surface area contributed by atoms with E-state index in [1.807, 2.05) is 24.3 Å². The van der Waals surface area contributed by atoms with Gasteiger partial charge in [-0.1, -0.05) is 51.8 Å². The van der Waals surface area contributed by atoms with Crippen LogP contribution in [0.4, 0.5) is 4.39 Å². The molecule has 0 fully saturated rings. The number of carboxylic acids is 1. The van der Waals surface area contributed by atoms with Gasteiger partial charge in [-0.2, -0.15) is 0 Å². The third-order valence-electron chi connectivity index (χ3n) is 3.25. The monoisotopic (exact) mass is 370 g/mol. The Balaban J connectivity index is 2.20. The van der Waals surface area contributed by atoms with E-state index >= 15 is 0 Å². The zero-order valence-electron chi connectivity index (χ0n) is 11.0. The van der Waals surface area contributed by atoms with Gasteiger partial charge in [0.15, 0.2) is 0 Å². The fourth-order valence-corrected chi connectivity index (χ4v) is 2.73. The van der Waals surface area contributed by atoms with Crippen molar-refractivity contribution in [2.75, 3.05) is 0 Å². The van der Waals surface area contributed by atoms with Gasteiger partial charge >= 0.3 is 5.97 Å². The molecule has 1 atom stereocenters. The highest BCUT2D eigenvalue weighted by atomic mass is 79.9. The molecule has 0 aliphatic heterocycles. The minimum absolute atomic E-state index is 0.125.